The highest BCUT2D eigenvalue weighted by Gasteiger charge is 2.23. The second kappa shape index (κ2) is 9.93. The van der Waals surface area contributed by atoms with Crippen LogP contribution in [0.15, 0.2) is 55.1 Å². The number of piperidine rings is 1. The molecule has 3 aliphatic rings. The number of nitrogens with zero attached hydrogens (tertiary/aromatic N) is 7. The summed E-state index contributed by atoms with van der Waals surface area (Å²) in [5.41, 5.74) is 8.56. The molecule has 1 aromatic carbocycles. The third-order valence-electron chi connectivity index (χ3n) is 8.34. The van der Waals surface area contributed by atoms with Crippen LogP contribution in [0.25, 0.3) is 27.9 Å². The van der Waals surface area contributed by atoms with Gasteiger partial charge >= 0.3 is 0 Å². The fourth-order valence-electron chi connectivity index (χ4n) is 6.07. The maximum absolute atomic E-state index is 5.16. The van der Waals surface area contributed by atoms with Gasteiger partial charge in [-0.25, -0.2) is 15.0 Å². The van der Waals surface area contributed by atoms with Crippen molar-refractivity contribution >= 4 is 22.4 Å². The molecule has 0 amide bonds. The number of hydrogen-bond acceptors (Lipinski definition) is 7. The molecule has 3 aromatic heterocycles. The smallest absolute Gasteiger partial charge is 0.129 e. The number of hydrogen-bond donors (Lipinski definition) is 1. The van der Waals surface area contributed by atoms with Gasteiger partial charge in [0, 0.05) is 62.5 Å². The lowest BCUT2D eigenvalue weighted by atomic mass is 10.0. The first-order chi connectivity index (χ1) is 18.8. The Bertz CT molecular complexity index is 1490. The Morgan fingerprint density at radius 2 is 1.92 bits per heavy atom. The summed E-state index contributed by atoms with van der Waals surface area (Å²) >= 11 is 0. The molecule has 0 bridgehead atoms. The lowest BCUT2D eigenvalue weighted by Crippen LogP contribution is -2.46. The van der Waals surface area contributed by atoms with E-state index in [0.29, 0.717) is 6.04 Å². The number of pyridine rings is 1. The SMILES string of the molecule is CCN1CCN(c2cc(-c3cnc4c(n3)C(c3ccc5ncn(C6CCCNC6)c5c3)=CC4)ccn2)CC1. The maximum atomic E-state index is 5.16. The van der Waals surface area contributed by atoms with E-state index in [4.69, 9.17) is 15.0 Å². The van der Waals surface area contributed by atoms with Crippen molar-refractivity contribution in [3.63, 3.8) is 0 Å². The Labute approximate surface area is 223 Å². The molecule has 0 radical (unpaired) electrons. The van der Waals surface area contributed by atoms with Gasteiger partial charge in [-0.1, -0.05) is 19.1 Å². The number of anilines is 1. The van der Waals surface area contributed by atoms with Crippen molar-refractivity contribution in [2.75, 3.05) is 50.7 Å². The first kappa shape index (κ1) is 23.5. The van der Waals surface area contributed by atoms with Crippen LogP contribution in [0.5, 0.6) is 0 Å². The summed E-state index contributed by atoms with van der Waals surface area (Å²) in [6.07, 6.45) is 11.3. The summed E-state index contributed by atoms with van der Waals surface area (Å²) in [5.74, 6) is 1.02. The molecule has 2 fully saturated rings. The zero-order valence-electron chi connectivity index (χ0n) is 22.0. The molecule has 4 aromatic rings. The molecule has 0 saturated carbocycles. The molecule has 8 nitrogen and oxygen atoms in total. The van der Waals surface area contributed by atoms with Crippen LogP contribution in [0, 0.1) is 0 Å². The number of aromatic nitrogens is 5. The van der Waals surface area contributed by atoms with E-state index in [1.165, 1.54) is 23.9 Å². The molecule has 8 heteroatoms. The van der Waals surface area contributed by atoms with Crippen molar-refractivity contribution in [3.05, 3.63) is 72.1 Å². The second-order valence-corrected chi connectivity index (χ2v) is 10.6. The molecule has 194 valence electrons. The van der Waals surface area contributed by atoms with Crippen LogP contribution in [0.3, 0.4) is 0 Å². The average Bonchev–Trinajstić information content (AvgIpc) is 3.61. The van der Waals surface area contributed by atoms with Gasteiger partial charge in [0.2, 0.25) is 0 Å². The molecular formula is C30H34N8. The van der Waals surface area contributed by atoms with Crippen LogP contribution in [0.4, 0.5) is 5.82 Å². The maximum Gasteiger partial charge on any atom is 0.129 e. The predicted octanol–water partition coefficient (Wildman–Crippen LogP) is 3.94. The van der Waals surface area contributed by atoms with Crippen molar-refractivity contribution < 1.29 is 0 Å². The van der Waals surface area contributed by atoms with E-state index >= 15 is 0 Å². The summed E-state index contributed by atoms with van der Waals surface area (Å²) in [4.78, 5) is 24.2. The van der Waals surface area contributed by atoms with E-state index in [1.807, 2.05) is 24.8 Å². The Morgan fingerprint density at radius 1 is 1.00 bits per heavy atom. The average molecular weight is 507 g/mol. The fraction of sp³-hybridized carbons (Fsp3) is 0.400. The van der Waals surface area contributed by atoms with E-state index in [2.05, 4.69) is 61.9 Å². The van der Waals surface area contributed by atoms with Crippen LogP contribution in [0.2, 0.25) is 0 Å². The number of allylic oxidation sites excluding steroid dienone is 1. The standard InChI is InChI=1S/C30H34N8/c1-2-36-12-14-37(15-13-36)29-17-22(9-11-32-29)27-19-33-26-8-6-24(30(26)35-27)21-5-7-25-28(16-21)38(20-34-25)23-4-3-10-31-18-23/h5-7,9,11,16-17,19-20,23,31H,2-4,8,10,12-15,18H2,1H3. The molecule has 5 heterocycles. The Balaban J connectivity index is 1.19. The van der Waals surface area contributed by atoms with Gasteiger partial charge < -0.3 is 19.7 Å². The summed E-state index contributed by atoms with van der Waals surface area (Å²) in [5, 5.41) is 3.53. The zero-order chi connectivity index (χ0) is 25.5. The van der Waals surface area contributed by atoms with Crippen molar-refractivity contribution in [1.29, 1.82) is 0 Å². The first-order valence-electron chi connectivity index (χ1n) is 13.9. The Hall–Kier alpha value is -3.62. The highest BCUT2D eigenvalue weighted by molar-refractivity contribution is 5.88. The minimum absolute atomic E-state index is 0.450. The van der Waals surface area contributed by atoms with E-state index in [-0.39, 0.29) is 0 Å². The van der Waals surface area contributed by atoms with Crippen molar-refractivity contribution in [1.82, 2.24) is 34.7 Å². The third-order valence-corrected chi connectivity index (χ3v) is 8.34. The van der Waals surface area contributed by atoms with E-state index in [0.717, 1.165) is 91.8 Å². The van der Waals surface area contributed by atoms with Gasteiger partial charge in [-0.3, -0.25) is 4.98 Å². The summed E-state index contributed by atoms with van der Waals surface area (Å²) < 4.78 is 2.35. The topological polar surface area (TPSA) is 75.0 Å². The highest BCUT2D eigenvalue weighted by atomic mass is 15.3. The molecule has 7 rings (SSSR count). The molecule has 0 spiro atoms. The lowest BCUT2D eigenvalue weighted by Gasteiger charge is -2.34. The van der Waals surface area contributed by atoms with E-state index in [1.54, 1.807) is 0 Å². The van der Waals surface area contributed by atoms with E-state index in [9.17, 15) is 0 Å². The Morgan fingerprint density at radius 3 is 2.76 bits per heavy atom. The molecule has 1 atom stereocenters. The van der Waals surface area contributed by atoms with Crippen LogP contribution in [-0.4, -0.2) is 75.2 Å². The number of rotatable bonds is 5. The minimum atomic E-state index is 0.450. The van der Waals surface area contributed by atoms with Gasteiger partial charge in [0.15, 0.2) is 0 Å². The number of piperazine rings is 1. The second-order valence-electron chi connectivity index (χ2n) is 10.6. The van der Waals surface area contributed by atoms with Crippen molar-refractivity contribution in [2.24, 2.45) is 0 Å². The molecule has 1 N–H and O–H groups in total. The third kappa shape index (κ3) is 4.27. The normalized spacial score (nSPS) is 20.1. The number of imidazole rings is 1. The predicted molar refractivity (Wildman–Crippen MR) is 151 cm³/mol. The van der Waals surface area contributed by atoms with Gasteiger partial charge in [0.25, 0.3) is 0 Å². The minimum Gasteiger partial charge on any atom is -0.354 e. The van der Waals surface area contributed by atoms with E-state index < -0.39 is 0 Å². The van der Waals surface area contributed by atoms with Gasteiger partial charge in [-0.05, 0) is 55.8 Å². The molecule has 2 saturated heterocycles. The summed E-state index contributed by atoms with van der Waals surface area (Å²) in [7, 11) is 0. The number of nitrogens with one attached hydrogen (secondary N) is 1. The number of likely N-dealkylation sites (N-methyl/N-ethyl adjacent to an activating group) is 1. The zero-order valence-corrected chi connectivity index (χ0v) is 22.0. The summed E-state index contributed by atoms with van der Waals surface area (Å²) in [6.45, 7) is 9.60. The van der Waals surface area contributed by atoms with Gasteiger partial charge in [0.05, 0.1) is 40.6 Å². The molecule has 38 heavy (non-hydrogen) atoms. The van der Waals surface area contributed by atoms with Crippen LogP contribution in [-0.2, 0) is 6.42 Å². The van der Waals surface area contributed by atoms with Crippen molar-refractivity contribution in [3.8, 4) is 11.3 Å². The molecule has 1 aliphatic carbocycles. The molecular weight excluding hydrogens is 472 g/mol. The summed E-state index contributed by atoms with van der Waals surface area (Å²) in [6, 6.07) is 11.3. The fourth-order valence-corrected chi connectivity index (χ4v) is 6.07. The van der Waals surface area contributed by atoms with Crippen molar-refractivity contribution in [2.45, 2.75) is 32.2 Å². The first-order valence-corrected chi connectivity index (χ1v) is 13.9. The largest absolute Gasteiger partial charge is 0.354 e. The molecule has 1 unspecified atom stereocenters. The lowest BCUT2D eigenvalue weighted by molar-refractivity contribution is 0.270. The van der Waals surface area contributed by atoms with Gasteiger partial charge in [-0.15, -0.1) is 0 Å². The molecule has 2 aliphatic heterocycles. The van der Waals surface area contributed by atoms with Gasteiger partial charge in [-0.2, -0.15) is 0 Å². The monoisotopic (exact) mass is 506 g/mol. The van der Waals surface area contributed by atoms with Crippen LogP contribution >= 0.6 is 0 Å². The van der Waals surface area contributed by atoms with Gasteiger partial charge in [0.1, 0.15) is 5.82 Å². The highest BCUT2D eigenvalue weighted by Crippen LogP contribution is 2.34. The number of fused-ring (bicyclic) bond motifs is 2. The van der Waals surface area contributed by atoms with Crippen LogP contribution in [0.1, 0.15) is 42.8 Å². The Kier molecular flexibility index (Phi) is 6.14. The van der Waals surface area contributed by atoms with Crippen LogP contribution < -0.4 is 10.2 Å². The quantitative estimate of drug-likeness (QED) is 0.439. The number of benzene rings is 1.